The molecule has 3 heterocycles. The molecule has 0 bridgehead atoms. The number of likely N-dealkylation sites (tertiary alicyclic amines) is 1. The highest BCUT2D eigenvalue weighted by Gasteiger charge is 2.37. The molecule has 0 spiro atoms. The van der Waals surface area contributed by atoms with Gasteiger partial charge in [-0.1, -0.05) is 18.2 Å². The van der Waals surface area contributed by atoms with Crippen LogP contribution in [0.1, 0.15) is 31.2 Å². The van der Waals surface area contributed by atoms with Gasteiger partial charge in [0.1, 0.15) is 6.10 Å². The highest BCUT2D eigenvalue weighted by molar-refractivity contribution is 5.97. The van der Waals surface area contributed by atoms with E-state index in [0.29, 0.717) is 19.6 Å². The minimum Gasteiger partial charge on any atom is -0.364 e. The van der Waals surface area contributed by atoms with Gasteiger partial charge in [0, 0.05) is 37.8 Å². The number of hydrogen-bond donors (Lipinski definition) is 1. The van der Waals surface area contributed by atoms with Crippen molar-refractivity contribution in [3.63, 3.8) is 0 Å². The molecular weight excluding hydrogens is 366 g/mol. The van der Waals surface area contributed by atoms with Gasteiger partial charge in [0.2, 0.25) is 5.91 Å². The number of amides is 2. The predicted molar refractivity (Wildman–Crippen MR) is 106 cm³/mol. The molecule has 2 saturated heterocycles. The number of benzene rings is 1. The summed E-state index contributed by atoms with van der Waals surface area (Å²) in [5.41, 5.74) is 7.94. The summed E-state index contributed by atoms with van der Waals surface area (Å²) in [6, 6.07) is 8.14. The molecule has 1 aromatic carbocycles. The maximum Gasteiger partial charge on any atom is 0.251 e. The largest absolute Gasteiger partial charge is 0.364 e. The summed E-state index contributed by atoms with van der Waals surface area (Å²) in [5, 5.41) is 0. The second kappa shape index (κ2) is 8.59. The van der Waals surface area contributed by atoms with Gasteiger partial charge in [-0.3, -0.25) is 9.59 Å². The van der Waals surface area contributed by atoms with E-state index in [-0.39, 0.29) is 42.3 Å². The van der Waals surface area contributed by atoms with Gasteiger partial charge >= 0.3 is 0 Å². The third kappa shape index (κ3) is 3.98. The van der Waals surface area contributed by atoms with Crippen LogP contribution in [-0.4, -0.2) is 55.1 Å². The molecule has 0 aliphatic carbocycles. The Morgan fingerprint density at radius 3 is 2.48 bits per heavy atom. The summed E-state index contributed by atoms with van der Waals surface area (Å²) in [5.74, 6) is 0.284. The van der Waals surface area contributed by atoms with Crippen LogP contribution in [0.3, 0.4) is 0 Å². The predicted octanol–water partition coefficient (Wildman–Crippen LogP) is 1.74. The normalized spacial score (nSPS) is 25.2. The van der Waals surface area contributed by atoms with E-state index in [1.165, 1.54) is 5.56 Å². The van der Waals surface area contributed by atoms with E-state index in [1.54, 1.807) is 0 Å². The second-order valence-corrected chi connectivity index (χ2v) is 7.53. The fourth-order valence-electron chi connectivity index (χ4n) is 4.40. The summed E-state index contributed by atoms with van der Waals surface area (Å²) in [6.07, 6.45) is 3.67. The molecule has 2 N–H and O–H groups in total. The Bertz CT molecular complexity index is 691. The number of hydrogen-bond acceptors (Lipinski definition) is 4. The third-order valence-electron chi connectivity index (χ3n) is 5.95. The average Bonchev–Trinajstić information content (AvgIpc) is 3.34. The zero-order valence-electron chi connectivity index (χ0n) is 15.5. The maximum atomic E-state index is 13.0. The molecule has 6 nitrogen and oxygen atoms in total. The minimum absolute atomic E-state index is 0. The van der Waals surface area contributed by atoms with Crippen LogP contribution in [-0.2, 0) is 20.7 Å². The lowest BCUT2D eigenvalue weighted by Gasteiger charge is -2.34. The lowest BCUT2D eigenvalue weighted by molar-refractivity contribution is -0.145. The topological polar surface area (TPSA) is 75.9 Å². The summed E-state index contributed by atoms with van der Waals surface area (Å²) in [6.45, 7) is 2.52. The molecule has 3 aliphatic heterocycles. The molecule has 0 unspecified atom stereocenters. The van der Waals surface area contributed by atoms with Gasteiger partial charge in [-0.2, -0.15) is 0 Å². The van der Waals surface area contributed by atoms with Crippen LogP contribution < -0.4 is 10.6 Å². The lowest BCUT2D eigenvalue weighted by atomic mass is 9.94. The average molecular weight is 394 g/mol. The number of nitrogens with two attached hydrogens (primary N) is 1. The fraction of sp³-hybridized carbons (Fsp3) is 0.600. The number of carbonyl (C=O) groups is 2. The first-order chi connectivity index (χ1) is 12.7. The first-order valence-corrected chi connectivity index (χ1v) is 9.71. The fourth-order valence-corrected chi connectivity index (χ4v) is 4.40. The van der Waals surface area contributed by atoms with Gasteiger partial charge in [0.15, 0.2) is 0 Å². The van der Waals surface area contributed by atoms with Crippen LogP contribution in [0, 0.1) is 5.92 Å². The zero-order chi connectivity index (χ0) is 18.1. The Hall–Kier alpha value is -1.63. The van der Waals surface area contributed by atoms with Crippen molar-refractivity contribution in [2.24, 2.45) is 11.7 Å². The number of piperidine rings is 1. The number of anilines is 1. The number of carbonyl (C=O) groups excluding carboxylic acids is 2. The molecular formula is C20H28ClN3O3. The van der Waals surface area contributed by atoms with E-state index in [1.807, 2.05) is 28.0 Å². The van der Waals surface area contributed by atoms with Gasteiger partial charge in [0.25, 0.3) is 5.91 Å². The van der Waals surface area contributed by atoms with Crippen molar-refractivity contribution in [3.05, 3.63) is 29.8 Å². The Labute approximate surface area is 166 Å². The van der Waals surface area contributed by atoms with Crippen molar-refractivity contribution in [1.29, 1.82) is 0 Å². The van der Waals surface area contributed by atoms with Crippen LogP contribution in [0.15, 0.2) is 24.3 Å². The summed E-state index contributed by atoms with van der Waals surface area (Å²) >= 11 is 0. The van der Waals surface area contributed by atoms with Crippen LogP contribution in [0.25, 0.3) is 0 Å². The monoisotopic (exact) mass is 393 g/mol. The van der Waals surface area contributed by atoms with Crippen LogP contribution >= 0.6 is 12.4 Å². The lowest BCUT2D eigenvalue weighted by Crippen LogP contribution is -2.47. The molecule has 2 atom stereocenters. The van der Waals surface area contributed by atoms with E-state index in [0.717, 1.165) is 44.3 Å². The van der Waals surface area contributed by atoms with Gasteiger partial charge in [0.05, 0.1) is 6.10 Å². The van der Waals surface area contributed by atoms with E-state index in [9.17, 15) is 9.59 Å². The van der Waals surface area contributed by atoms with E-state index >= 15 is 0 Å². The molecule has 7 heteroatoms. The molecule has 27 heavy (non-hydrogen) atoms. The Kier molecular flexibility index (Phi) is 6.40. The van der Waals surface area contributed by atoms with E-state index < -0.39 is 0 Å². The van der Waals surface area contributed by atoms with Crippen molar-refractivity contribution < 1.29 is 14.3 Å². The SMILES string of the molecule is Cl.NC[C@H]1CC[C@@H](C(=O)N2CCC(C(=O)N3CCc4ccccc43)CC2)O1. The van der Waals surface area contributed by atoms with Crippen LogP contribution in [0.2, 0.25) is 0 Å². The zero-order valence-corrected chi connectivity index (χ0v) is 16.3. The molecule has 0 radical (unpaired) electrons. The molecule has 3 aliphatic rings. The molecule has 2 amide bonds. The standard InChI is InChI=1S/C20H27N3O3.ClH/c21-13-16-5-6-18(26-16)20(25)22-10-7-15(8-11-22)19(24)23-12-9-14-3-1-2-4-17(14)23;/h1-4,15-16,18H,5-13,21H2;1H/t16-,18+;/m1./s1. The minimum atomic E-state index is -0.346. The molecule has 148 valence electrons. The Morgan fingerprint density at radius 2 is 1.78 bits per heavy atom. The third-order valence-corrected chi connectivity index (χ3v) is 5.95. The van der Waals surface area contributed by atoms with Gasteiger partial charge < -0.3 is 20.3 Å². The molecule has 1 aromatic rings. The quantitative estimate of drug-likeness (QED) is 0.848. The molecule has 2 fully saturated rings. The van der Waals surface area contributed by atoms with E-state index in [2.05, 4.69) is 6.07 Å². The summed E-state index contributed by atoms with van der Waals surface area (Å²) in [4.78, 5) is 29.4. The number of nitrogens with zero attached hydrogens (tertiary/aromatic N) is 2. The number of fused-ring (bicyclic) bond motifs is 1. The smallest absolute Gasteiger partial charge is 0.251 e. The first-order valence-electron chi connectivity index (χ1n) is 9.71. The Morgan fingerprint density at radius 1 is 1.04 bits per heavy atom. The molecule has 0 aromatic heterocycles. The number of para-hydroxylation sites is 1. The van der Waals surface area contributed by atoms with Crippen molar-refractivity contribution in [1.82, 2.24) is 4.90 Å². The number of ether oxygens (including phenoxy) is 1. The Balaban J connectivity index is 0.00000210. The first kappa shape index (κ1) is 20.1. The van der Waals surface area contributed by atoms with Gasteiger partial charge in [-0.05, 0) is 43.7 Å². The molecule has 4 rings (SSSR count). The van der Waals surface area contributed by atoms with Crippen molar-refractivity contribution in [2.45, 2.75) is 44.3 Å². The van der Waals surface area contributed by atoms with E-state index in [4.69, 9.17) is 10.5 Å². The van der Waals surface area contributed by atoms with Crippen LogP contribution in [0.4, 0.5) is 5.69 Å². The summed E-state index contributed by atoms with van der Waals surface area (Å²) < 4.78 is 5.73. The molecule has 0 saturated carbocycles. The van der Waals surface area contributed by atoms with Crippen LogP contribution in [0.5, 0.6) is 0 Å². The van der Waals surface area contributed by atoms with Gasteiger partial charge in [-0.15, -0.1) is 12.4 Å². The van der Waals surface area contributed by atoms with Crippen molar-refractivity contribution >= 4 is 29.9 Å². The maximum absolute atomic E-state index is 13.0. The highest BCUT2D eigenvalue weighted by Crippen LogP contribution is 2.31. The van der Waals surface area contributed by atoms with Crippen molar-refractivity contribution in [3.8, 4) is 0 Å². The number of rotatable bonds is 3. The summed E-state index contributed by atoms with van der Waals surface area (Å²) in [7, 11) is 0. The van der Waals surface area contributed by atoms with Crippen molar-refractivity contribution in [2.75, 3.05) is 31.1 Å². The number of halogens is 1. The second-order valence-electron chi connectivity index (χ2n) is 7.53. The highest BCUT2D eigenvalue weighted by atomic mass is 35.5. The van der Waals surface area contributed by atoms with Gasteiger partial charge in [-0.25, -0.2) is 0 Å².